The number of benzene rings is 2. The Bertz CT molecular complexity index is 1070. The molecule has 2 aromatic carbocycles. The van der Waals surface area contributed by atoms with E-state index in [0.717, 1.165) is 25.7 Å². The molecule has 0 radical (unpaired) electrons. The molecule has 1 unspecified atom stereocenters. The van der Waals surface area contributed by atoms with Crippen molar-refractivity contribution in [2.75, 3.05) is 19.8 Å². The van der Waals surface area contributed by atoms with Gasteiger partial charge in [-0.15, -0.1) is 0 Å². The fourth-order valence-electron chi connectivity index (χ4n) is 4.06. The first-order chi connectivity index (χ1) is 15.8. The highest BCUT2D eigenvalue weighted by Crippen LogP contribution is 2.40. The maximum Gasteiger partial charge on any atom is 0.333 e. The third-order valence-corrected chi connectivity index (χ3v) is 5.96. The molecule has 1 N–H and O–H groups in total. The summed E-state index contributed by atoms with van der Waals surface area (Å²) in [6.07, 6.45) is 3.97. The van der Waals surface area contributed by atoms with Gasteiger partial charge in [0.15, 0.2) is 0 Å². The summed E-state index contributed by atoms with van der Waals surface area (Å²) in [6, 6.07) is 6.21. The van der Waals surface area contributed by atoms with Crippen LogP contribution in [-0.4, -0.2) is 47.5 Å². The van der Waals surface area contributed by atoms with E-state index in [-0.39, 0.29) is 42.3 Å². The number of hydrogen-bond acceptors (Lipinski definition) is 6. The van der Waals surface area contributed by atoms with E-state index in [2.05, 4.69) is 20.4 Å². The number of aromatic hydroxyl groups is 1. The topological polar surface area (TPSA) is 93.1 Å². The molecule has 7 heteroatoms. The molecule has 1 aliphatic heterocycles. The molecular formula is C26H31NO6. The lowest BCUT2D eigenvalue weighted by Gasteiger charge is -2.30. The first kappa shape index (κ1) is 24.3. The number of imide groups is 1. The minimum absolute atomic E-state index is 0.00278. The molecule has 0 saturated carbocycles. The second-order valence-electron chi connectivity index (χ2n) is 8.40. The summed E-state index contributed by atoms with van der Waals surface area (Å²) < 4.78 is 10.8. The molecule has 0 saturated heterocycles. The smallest absolute Gasteiger partial charge is 0.333 e. The predicted molar refractivity (Wildman–Crippen MR) is 126 cm³/mol. The first-order valence-electron chi connectivity index (χ1n) is 11.4. The van der Waals surface area contributed by atoms with E-state index >= 15 is 0 Å². The largest absolute Gasteiger partial charge is 0.507 e. The van der Waals surface area contributed by atoms with Gasteiger partial charge in [0, 0.05) is 28.6 Å². The van der Waals surface area contributed by atoms with Crippen molar-refractivity contribution in [3.63, 3.8) is 0 Å². The Morgan fingerprint density at radius 3 is 2.33 bits per heavy atom. The maximum atomic E-state index is 13.3. The predicted octanol–water partition coefficient (Wildman–Crippen LogP) is 4.86. The van der Waals surface area contributed by atoms with Crippen LogP contribution in [0.4, 0.5) is 0 Å². The molecule has 0 fully saturated rings. The summed E-state index contributed by atoms with van der Waals surface area (Å²) in [5.74, 6) is -0.772. The number of ether oxygens (including phenoxy) is 2. The second-order valence-corrected chi connectivity index (χ2v) is 8.40. The third kappa shape index (κ3) is 5.02. The molecule has 7 nitrogen and oxygen atoms in total. The van der Waals surface area contributed by atoms with E-state index in [1.165, 1.54) is 11.0 Å². The highest BCUT2D eigenvalue weighted by atomic mass is 16.6. The van der Waals surface area contributed by atoms with E-state index in [1.54, 1.807) is 25.1 Å². The molecule has 1 heterocycles. The standard InChI is InChI=1S/C26H31NO6/c1-5-7-8-17(6-2)15-27-24(29)18-9-11-20(28)23-21(12-10-19(22(18)23)25(27)30)32-13-14-33-26(31)16(3)4/h9-12,17,28H,3,5-8,13-15H2,1-2,4H3. The Morgan fingerprint density at radius 1 is 1.06 bits per heavy atom. The number of phenolic OH excluding ortho intramolecular Hbond substituents is 1. The molecule has 0 spiro atoms. The Balaban J connectivity index is 1.89. The van der Waals surface area contributed by atoms with Crippen molar-refractivity contribution in [2.24, 2.45) is 5.92 Å². The Hall–Kier alpha value is -3.35. The molecule has 1 aliphatic rings. The highest BCUT2D eigenvalue weighted by molar-refractivity contribution is 6.26. The summed E-state index contributed by atoms with van der Waals surface area (Å²) in [5.41, 5.74) is 1.01. The summed E-state index contributed by atoms with van der Waals surface area (Å²) in [6.45, 7) is 9.69. The lowest BCUT2D eigenvalue weighted by Crippen LogP contribution is -2.43. The van der Waals surface area contributed by atoms with E-state index < -0.39 is 5.97 Å². The van der Waals surface area contributed by atoms with Gasteiger partial charge in [-0.25, -0.2) is 4.79 Å². The minimum atomic E-state index is -0.515. The van der Waals surface area contributed by atoms with Gasteiger partial charge in [-0.1, -0.05) is 39.7 Å². The van der Waals surface area contributed by atoms with Crippen LogP contribution in [0.5, 0.6) is 11.5 Å². The van der Waals surface area contributed by atoms with Crippen LogP contribution in [-0.2, 0) is 9.53 Å². The van der Waals surface area contributed by atoms with Crippen LogP contribution in [0.15, 0.2) is 36.4 Å². The van der Waals surface area contributed by atoms with Crippen molar-refractivity contribution in [1.82, 2.24) is 4.90 Å². The van der Waals surface area contributed by atoms with E-state index in [4.69, 9.17) is 9.47 Å². The van der Waals surface area contributed by atoms with Gasteiger partial charge in [-0.2, -0.15) is 0 Å². The molecule has 1 atom stereocenters. The number of phenols is 1. The number of hydrogen-bond donors (Lipinski definition) is 1. The van der Waals surface area contributed by atoms with Crippen LogP contribution < -0.4 is 4.74 Å². The Labute approximate surface area is 194 Å². The maximum absolute atomic E-state index is 13.3. The molecule has 0 bridgehead atoms. The van der Waals surface area contributed by atoms with E-state index in [0.29, 0.717) is 34.2 Å². The number of carbonyl (C=O) groups is 3. The fraction of sp³-hybridized carbons (Fsp3) is 0.423. The molecule has 33 heavy (non-hydrogen) atoms. The zero-order valence-electron chi connectivity index (χ0n) is 19.5. The van der Waals surface area contributed by atoms with E-state index in [1.807, 2.05) is 0 Å². The van der Waals surface area contributed by atoms with Gasteiger partial charge in [-0.05, 0) is 43.5 Å². The summed E-state index contributed by atoms with van der Waals surface area (Å²) in [4.78, 5) is 39.4. The SMILES string of the molecule is C=C(C)C(=O)OCCOc1ccc2c3c(ccc(O)c13)C(=O)N(CC(CC)CCCC)C2=O. The van der Waals surface area contributed by atoms with Gasteiger partial charge >= 0.3 is 5.97 Å². The van der Waals surface area contributed by atoms with Gasteiger partial charge in [0.25, 0.3) is 11.8 Å². The first-order valence-corrected chi connectivity index (χ1v) is 11.4. The number of rotatable bonds is 11. The average molecular weight is 454 g/mol. The van der Waals surface area contributed by atoms with Gasteiger partial charge in [0.2, 0.25) is 0 Å². The van der Waals surface area contributed by atoms with Crippen molar-refractivity contribution < 1.29 is 29.0 Å². The molecular weight excluding hydrogens is 422 g/mol. The number of nitrogens with zero attached hydrogens (tertiary/aromatic N) is 1. The van der Waals surface area contributed by atoms with Gasteiger partial charge < -0.3 is 14.6 Å². The highest BCUT2D eigenvalue weighted by Gasteiger charge is 2.35. The van der Waals surface area contributed by atoms with Crippen LogP contribution in [0, 0.1) is 5.92 Å². The number of unbranched alkanes of at least 4 members (excludes halogenated alkanes) is 1. The fourth-order valence-corrected chi connectivity index (χ4v) is 4.06. The van der Waals surface area contributed by atoms with Gasteiger partial charge in [0.1, 0.15) is 24.7 Å². The monoisotopic (exact) mass is 453 g/mol. The number of esters is 1. The zero-order valence-corrected chi connectivity index (χ0v) is 19.5. The number of amides is 2. The minimum Gasteiger partial charge on any atom is -0.507 e. The Kier molecular flexibility index (Phi) is 7.74. The van der Waals surface area contributed by atoms with Gasteiger partial charge in [-0.3, -0.25) is 14.5 Å². The van der Waals surface area contributed by atoms with Crippen LogP contribution in [0.3, 0.4) is 0 Å². The molecule has 3 rings (SSSR count). The second kappa shape index (κ2) is 10.5. The third-order valence-electron chi connectivity index (χ3n) is 5.96. The summed E-state index contributed by atoms with van der Waals surface area (Å²) >= 11 is 0. The van der Waals surface area contributed by atoms with Crippen LogP contribution >= 0.6 is 0 Å². The van der Waals surface area contributed by atoms with Crippen molar-refractivity contribution in [3.05, 3.63) is 47.5 Å². The average Bonchev–Trinajstić information content (AvgIpc) is 2.80. The van der Waals surface area contributed by atoms with Crippen LogP contribution in [0.2, 0.25) is 0 Å². The van der Waals surface area contributed by atoms with Crippen LogP contribution in [0.1, 0.15) is 67.2 Å². The molecule has 0 aliphatic carbocycles. The van der Waals surface area contributed by atoms with Gasteiger partial charge in [0.05, 0.1) is 5.39 Å². The molecule has 176 valence electrons. The molecule has 0 aromatic heterocycles. The lowest BCUT2D eigenvalue weighted by molar-refractivity contribution is -0.139. The quantitative estimate of drug-likeness (QED) is 0.226. The summed E-state index contributed by atoms with van der Waals surface area (Å²) in [5, 5.41) is 11.2. The summed E-state index contributed by atoms with van der Waals surface area (Å²) in [7, 11) is 0. The van der Waals surface area contributed by atoms with Crippen molar-refractivity contribution in [1.29, 1.82) is 0 Å². The van der Waals surface area contributed by atoms with Crippen molar-refractivity contribution in [2.45, 2.75) is 46.5 Å². The zero-order chi connectivity index (χ0) is 24.1. The van der Waals surface area contributed by atoms with E-state index in [9.17, 15) is 19.5 Å². The van der Waals surface area contributed by atoms with Crippen LogP contribution in [0.25, 0.3) is 10.8 Å². The normalized spacial score (nSPS) is 13.8. The lowest BCUT2D eigenvalue weighted by atomic mass is 9.91. The molecule has 2 amide bonds. The Morgan fingerprint density at radius 2 is 1.73 bits per heavy atom. The van der Waals surface area contributed by atoms with Crippen molar-refractivity contribution >= 4 is 28.6 Å². The molecule has 2 aromatic rings. The van der Waals surface area contributed by atoms with Crippen molar-refractivity contribution in [3.8, 4) is 11.5 Å². The number of carbonyl (C=O) groups excluding carboxylic acids is 3.